The summed E-state index contributed by atoms with van der Waals surface area (Å²) < 4.78 is 0. The number of benzene rings is 1. The standard InChI is InChI=1S/C9H5N5O6/c15-9(16)6-4-10-12(11-6)7-2-1-5(13(17)18)3-8(7)14(19)20/h1-4H,(H,15,16). The minimum atomic E-state index is -1.35. The van der Waals surface area contributed by atoms with Gasteiger partial charge in [-0.3, -0.25) is 20.2 Å². The molecule has 0 spiro atoms. The predicted octanol–water partition coefficient (Wildman–Crippen LogP) is 0.782. The topological polar surface area (TPSA) is 154 Å². The summed E-state index contributed by atoms with van der Waals surface area (Å²) in [4.78, 5) is 31.3. The van der Waals surface area contributed by atoms with Crippen LogP contribution in [0.15, 0.2) is 24.4 Å². The molecule has 0 aliphatic rings. The largest absolute Gasteiger partial charge is 0.476 e. The summed E-state index contributed by atoms with van der Waals surface area (Å²) in [7, 11) is 0. The molecule has 0 bridgehead atoms. The van der Waals surface area contributed by atoms with Gasteiger partial charge in [0.1, 0.15) is 0 Å². The second kappa shape index (κ2) is 4.72. The summed E-state index contributed by atoms with van der Waals surface area (Å²) in [5.74, 6) is -1.35. The highest BCUT2D eigenvalue weighted by molar-refractivity contribution is 5.84. The molecule has 0 fully saturated rings. The molecule has 20 heavy (non-hydrogen) atoms. The van der Waals surface area contributed by atoms with Crippen molar-refractivity contribution in [2.24, 2.45) is 0 Å². The minimum Gasteiger partial charge on any atom is -0.476 e. The number of carboxylic acids is 1. The van der Waals surface area contributed by atoms with E-state index in [0.717, 1.165) is 29.2 Å². The van der Waals surface area contributed by atoms with Crippen molar-refractivity contribution in [3.8, 4) is 5.69 Å². The molecule has 1 N–H and O–H groups in total. The molecule has 2 rings (SSSR count). The maximum absolute atomic E-state index is 10.9. The van der Waals surface area contributed by atoms with E-state index >= 15 is 0 Å². The molecule has 11 nitrogen and oxygen atoms in total. The lowest BCUT2D eigenvalue weighted by atomic mass is 10.2. The van der Waals surface area contributed by atoms with Gasteiger partial charge in [0, 0.05) is 6.07 Å². The van der Waals surface area contributed by atoms with E-state index in [1.807, 2.05) is 0 Å². The van der Waals surface area contributed by atoms with Crippen molar-refractivity contribution in [3.63, 3.8) is 0 Å². The average Bonchev–Trinajstić information content (AvgIpc) is 2.87. The summed E-state index contributed by atoms with van der Waals surface area (Å²) in [6, 6.07) is 2.85. The van der Waals surface area contributed by atoms with Crippen LogP contribution in [0.2, 0.25) is 0 Å². The Kier molecular flexibility index (Phi) is 3.08. The number of nitro benzene ring substituents is 2. The number of nitro groups is 2. The molecule has 102 valence electrons. The van der Waals surface area contributed by atoms with Crippen LogP contribution in [-0.2, 0) is 0 Å². The van der Waals surface area contributed by atoms with Crippen molar-refractivity contribution in [2.75, 3.05) is 0 Å². The van der Waals surface area contributed by atoms with Crippen LogP contribution in [0.4, 0.5) is 11.4 Å². The van der Waals surface area contributed by atoms with Crippen LogP contribution < -0.4 is 0 Å². The van der Waals surface area contributed by atoms with E-state index < -0.39 is 32.9 Å². The van der Waals surface area contributed by atoms with Crippen molar-refractivity contribution in [1.29, 1.82) is 0 Å². The normalized spacial score (nSPS) is 10.2. The Balaban J connectivity index is 2.57. The molecule has 1 heterocycles. The van der Waals surface area contributed by atoms with Gasteiger partial charge in [-0.15, -0.1) is 9.90 Å². The highest BCUT2D eigenvalue weighted by atomic mass is 16.6. The number of nitrogens with zero attached hydrogens (tertiary/aromatic N) is 5. The van der Waals surface area contributed by atoms with Crippen LogP contribution in [0.3, 0.4) is 0 Å². The van der Waals surface area contributed by atoms with Gasteiger partial charge in [0.25, 0.3) is 5.69 Å². The van der Waals surface area contributed by atoms with Crippen molar-refractivity contribution < 1.29 is 19.7 Å². The molecular weight excluding hydrogens is 274 g/mol. The molecule has 11 heteroatoms. The zero-order chi connectivity index (χ0) is 14.9. The summed E-state index contributed by atoms with van der Waals surface area (Å²) >= 11 is 0. The lowest BCUT2D eigenvalue weighted by molar-refractivity contribution is -0.394. The number of aromatic carboxylic acids is 1. The van der Waals surface area contributed by atoms with Crippen LogP contribution in [0, 0.1) is 20.2 Å². The first-order chi connectivity index (χ1) is 9.40. The Morgan fingerprint density at radius 1 is 1.25 bits per heavy atom. The maximum atomic E-state index is 10.9. The number of hydrogen-bond acceptors (Lipinski definition) is 7. The van der Waals surface area contributed by atoms with Crippen LogP contribution in [0.25, 0.3) is 5.69 Å². The smallest absolute Gasteiger partial charge is 0.358 e. The number of carbonyl (C=O) groups is 1. The lowest BCUT2D eigenvalue weighted by Crippen LogP contribution is -2.05. The summed E-state index contributed by atoms with van der Waals surface area (Å²) in [5.41, 5.74) is -1.65. The molecule has 0 aliphatic carbocycles. The van der Waals surface area contributed by atoms with Gasteiger partial charge in [-0.1, -0.05) is 0 Å². The quantitative estimate of drug-likeness (QED) is 0.635. The zero-order valence-electron chi connectivity index (χ0n) is 9.53. The van der Waals surface area contributed by atoms with E-state index in [4.69, 9.17) is 5.11 Å². The third kappa shape index (κ3) is 2.27. The maximum Gasteiger partial charge on any atom is 0.358 e. The first kappa shape index (κ1) is 13.1. The SMILES string of the molecule is O=C(O)c1cnn(-c2ccc([N+](=O)[O-])cc2[N+](=O)[O-])n1. The van der Waals surface area contributed by atoms with Crippen molar-refractivity contribution >= 4 is 17.3 Å². The van der Waals surface area contributed by atoms with Crippen LogP contribution in [-0.4, -0.2) is 35.9 Å². The third-order valence-electron chi connectivity index (χ3n) is 2.29. The fraction of sp³-hybridized carbons (Fsp3) is 0. The van der Waals surface area contributed by atoms with Crippen LogP contribution in [0.5, 0.6) is 0 Å². The molecule has 0 amide bonds. The Bertz CT molecular complexity index is 723. The van der Waals surface area contributed by atoms with E-state index in [9.17, 15) is 25.0 Å². The number of hydrogen-bond donors (Lipinski definition) is 1. The average molecular weight is 279 g/mol. The Labute approximate surface area is 109 Å². The molecule has 0 saturated carbocycles. The lowest BCUT2D eigenvalue weighted by Gasteiger charge is -2.01. The molecule has 0 atom stereocenters. The van der Waals surface area contributed by atoms with E-state index in [1.165, 1.54) is 0 Å². The third-order valence-corrected chi connectivity index (χ3v) is 2.29. The number of non-ortho nitro benzene ring substituents is 1. The van der Waals surface area contributed by atoms with E-state index in [0.29, 0.717) is 0 Å². The van der Waals surface area contributed by atoms with Crippen molar-refractivity contribution in [1.82, 2.24) is 15.0 Å². The second-order valence-electron chi connectivity index (χ2n) is 3.51. The predicted molar refractivity (Wildman–Crippen MR) is 61.6 cm³/mol. The molecule has 0 radical (unpaired) electrons. The van der Waals surface area contributed by atoms with Gasteiger partial charge in [-0.05, 0) is 6.07 Å². The van der Waals surface area contributed by atoms with Gasteiger partial charge in [-0.2, -0.15) is 5.10 Å². The molecule has 2 aromatic rings. The Hall–Kier alpha value is -3.37. The van der Waals surface area contributed by atoms with Gasteiger partial charge >= 0.3 is 11.7 Å². The monoisotopic (exact) mass is 279 g/mol. The number of aromatic nitrogens is 3. The fourth-order valence-corrected chi connectivity index (χ4v) is 1.42. The Morgan fingerprint density at radius 3 is 2.45 bits per heavy atom. The van der Waals surface area contributed by atoms with E-state index in [2.05, 4.69) is 10.2 Å². The van der Waals surface area contributed by atoms with Crippen LogP contribution in [0.1, 0.15) is 10.5 Å². The molecule has 0 saturated heterocycles. The number of rotatable bonds is 4. The zero-order valence-corrected chi connectivity index (χ0v) is 9.53. The Morgan fingerprint density at radius 2 is 1.95 bits per heavy atom. The molecule has 1 aromatic carbocycles. The van der Waals surface area contributed by atoms with Crippen LogP contribution >= 0.6 is 0 Å². The number of carboxylic acid groups (broad SMARTS) is 1. The first-order valence-electron chi connectivity index (χ1n) is 4.99. The molecule has 0 unspecified atom stereocenters. The van der Waals surface area contributed by atoms with Crippen molar-refractivity contribution in [3.05, 3.63) is 50.3 Å². The minimum absolute atomic E-state index is 0.173. The summed E-state index contributed by atoms with van der Waals surface area (Å²) in [5, 5.41) is 37.3. The van der Waals surface area contributed by atoms with Gasteiger partial charge in [-0.25, -0.2) is 4.79 Å². The van der Waals surface area contributed by atoms with E-state index in [-0.39, 0.29) is 5.69 Å². The second-order valence-corrected chi connectivity index (χ2v) is 3.51. The molecule has 0 aliphatic heterocycles. The molecule has 1 aromatic heterocycles. The highest BCUT2D eigenvalue weighted by Gasteiger charge is 2.22. The van der Waals surface area contributed by atoms with Gasteiger partial charge in [0.2, 0.25) is 0 Å². The summed E-state index contributed by atoms with van der Waals surface area (Å²) in [6.45, 7) is 0. The van der Waals surface area contributed by atoms with Gasteiger partial charge in [0.05, 0.1) is 22.1 Å². The molecular formula is C9H5N5O6. The van der Waals surface area contributed by atoms with Crippen molar-refractivity contribution in [2.45, 2.75) is 0 Å². The summed E-state index contributed by atoms with van der Waals surface area (Å²) in [6.07, 6.45) is 0.910. The fourth-order valence-electron chi connectivity index (χ4n) is 1.42. The highest BCUT2D eigenvalue weighted by Crippen LogP contribution is 2.26. The van der Waals surface area contributed by atoms with Gasteiger partial charge < -0.3 is 5.11 Å². The van der Waals surface area contributed by atoms with Gasteiger partial charge in [0.15, 0.2) is 11.4 Å². The first-order valence-corrected chi connectivity index (χ1v) is 4.99. The van der Waals surface area contributed by atoms with E-state index in [1.54, 1.807) is 0 Å².